The predicted octanol–water partition coefficient (Wildman–Crippen LogP) is 3.26. The molecule has 0 spiro atoms. The maximum Gasteiger partial charge on any atom is 0.194 e. The molecule has 0 aliphatic carbocycles. The van der Waals surface area contributed by atoms with Crippen LogP contribution >= 0.6 is 11.3 Å². The molecule has 3 aromatic heterocycles. The van der Waals surface area contributed by atoms with Gasteiger partial charge in [-0.25, -0.2) is 4.98 Å². The quantitative estimate of drug-likeness (QED) is 0.807. The van der Waals surface area contributed by atoms with Crippen molar-refractivity contribution in [2.24, 2.45) is 5.73 Å². The van der Waals surface area contributed by atoms with Gasteiger partial charge in [-0.1, -0.05) is 20.8 Å². The Hall–Kier alpha value is -1.72. The van der Waals surface area contributed by atoms with Gasteiger partial charge in [0.05, 0.1) is 11.4 Å². The number of imidazole rings is 1. The summed E-state index contributed by atoms with van der Waals surface area (Å²) in [5, 5.41) is 2.21. The monoisotopic (exact) mass is 300 g/mol. The molecule has 0 fully saturated rings. The van der Waals surface area contributed by atoms with E-state index in [0.717, 1.165) is 22.6 Å². The molecule has 0 bridgehead atoms. The van der Waals surface area contributed by atoms with Crippen LogP contribution in [0.25, 0.3) is 16.2 Å². The molecule has 0 radical (unpaired) electrons. The van der Waals surface area contributed by atoms with Crippen molar-refractivity contribution in [3.8, 4) is 11.3 Å². The maximum absolute atomic E-state index is 5.84. The summed E-state index contributed by atoms with van der Waals surface area (Å²) < 4.78 is 2.29. The molecule has 3 aromatic rings. The topological polar surface area (TPSA) is 56.2 Å². The molecule has 0 unspecified atom stereocenters. The van der Waals surface area contributed by atoms with Gasteiger partial charge in [-0.2, -0.15) is 0 Å². The molecule has 0 aromatic carbocycles. The van der Waals surface area contributed by atoms with Crippen LogP contribution in [0.1, 0.15) is 32.2 Å². The third kappa shape index (κ3) is 2.47. The molecule has 0 saturated heterocycles. The normalized spacial score (nSPS) is 12.2. The Morgan fingerprint density at radius 3 is 2.57 bits per heavy atom. The van der Waals surface area contributed by atoms with Gasteiger partial charge >= 0.3 is 0 Å². The summed E-state index contributed by atoms with van der Waals surface area (Å²) in [6, 6.07) is 4.01. The lowest BCUT2D eigenvalue weighted by Gasteiger charge is -2.18. The van der Waals surface area contributed by atoms with Crippen LogP contribution in [0.2, 0.25) is 0 Å². The minimum absolute atomic E-state index is 0.0812. The van der Waals surface area contributed by atoms with E-state index in [-0.39, 0.29) is 5.41 Å². The highest BCUT2D eigenvalue weighted by atomic mass is 32.1. The Morgan fingerprint density at radius 1 is 1.24 bits per heavy atom. The van der Waals surface area contributed by atoms with Crippen molar-refractivity contribution < 1.29 is 0 Å². The highest BCUT2D eigenvalue weighted by molar-refractivity contribution is 7.15. The fourth-order valence-corrected chi connectivity index (χ4v) is 3.67. The van der Waals surface area contributed by atoms with Crippen molar-refractivity contribution in [2.75, 3.05) is 6.54 Å². The fourth-order valence-electron chi connectivity index (χ4n) is 2.54. The maximum atomic E-state index is 5.84. The number of nitrogens with two attached hydrogens (primary N) is 1. The standard InChI is InChI=1S/C16H20N4S/c1-16(2,3)13-10-21-15-19-14(11-5-8-18-9-6-11)12(4-7-17)20(13)15/h5-6,8-10H,4,7,17H2,1-3H3. The van der Waals surface area contributed by atoms with Crippen LogP contribution in [0.15, 0.2) is 29.9 Å². The van der Waals surface area contributed by atoms with E-state index in [9.17, 15) is 0 Å². The zero-order valence-corrected chi connectivity index (χ0v) is 13.4. The molecule has 21 heavy (non-hydrogen) atoms. The Kier molecular flexibility index (Phi) is 3.55. The Bertz CT molecular complexity index is 750. The highest BCUT2D eigenvalue weighted by Crippen LogP contribution is 2.33. The van der Waals surface area contributed by atoms with Crippen molar-refractivity contribution >= 4 is 16.3 Å². The van der Waals surface area contributed by atoms with Gasteiger partial charge in [0.25, 0.3) is 0 Å². The molecule has 0 amide bonds. The second-order valence-corrected chi connectivity index (χ2v) is 7.01. The van der Waals surface area contributed by atoms with Gasteiger partial charge in [0.2, 0.25) is 0 Å². The molecule has 0 aliphatic rings. The van der Waals surface area contributed by atoms with E-state index in [4.69, 9.17) is 10.7 Å². The van der Waals surface area contributed by atoms with Crippen molar-refractivity contribution in [3.63, 3.8) is 0 Å². The number of thiazole rings is 1. The Labute approximate surface area is 128 Å². The van der Waals surface area contributed by atoms with E-state index in [1.54, 1.807) is 23.7 Å². The summed E-state index contributed by atoms with van der Waals surface area (Å²) in [6.45, 7) is 7.30. The Balaban J connectivity index is 2.27. The van der Waals surface area contributed by atoms with E-state index in [1.165, 1.54) is 11.4 Å². The molecule has 0 saturated carbocycles. The lowest BCUT2D eigenvalue weighted by atomic mass is 9.93. The zero-order chi connectivity index (χ0) is 15.0. The zero-order valence-electron chi connectivity index (χ0n) is 12.6. The van der Waals surface area contributed by atoms with Crippen molar-refractivity contribution in [3.05, 3.63) is 41.3 Å². The molecule has 0 aliphatic heterocycles. The van der Waals surface area contributed by atoms with Gasteiger partial charge in [0.15, 0.2) is 4.96 Å². The van der Waals surface area contributed by atoms with E-state index in [0.29, 0.717) is 6.54 Å². The number of hydrogen-bond donors (Lipinski definition) is 1. The summed E-state index contributed by atoms with van der Waals surface area (Å²) in [4.78, 5) is 9.96. The summed E-state index contributed by atoms with van der Waals surface area (Å²) >= 11 is 1.69. The van der Waals surface area contributed by atoms with Crippen LogP contribution < -0.4 is 5.73 Å². The van der Waals surface area contributed by atoms with E-state index >= 15 is 0 Å². The molecule has 4 nitrogen and oxygen atoms in total. The first-order valence-corrected chi connectivity index (χ1v) is 8.00. The van der Waals surface area contributed by atoms with Crippen molar-refractivity contribution in [1.29, 1.82) is 0 Å². The fraction of sp³-hybridized carbons (Fsp3) is 0.375. The van der Waals surface area contributed by atoms with E-state index in [2.05, 4.69) is 35.5 Å². The number of fused-ring (bicyclic) bond motifs is 1. The van der Waals surface area contributed by atoms with Crippen LogP contribution in [0, 0.1) is 0 Å². The third-order valence-corrected chi connectivity index (χ3v) is 4.39. The summed E-state index contributed by atoms with van der Waals surface area (Å²) in [6.07, 6.45) is 4.43. The lowest BCUT2D eigenvalue weighted by Crippen LogP contribution is -2.16. The van der Waals surface area contributed by atoms with Crippen LogP contribution in [0.3, 0.4) is 0 Å². The lowest BCUT2D eigenvalue weighted by molar-refractivity contribution is 0.561. The second-order valence-electron chi connectivity index (χ2n) is 6.17. The van der Waals surface area contributed by atoms with E-state index in [1.807, 2.05) is 12.1 Å². The number of nitrogens with zero attached hydrogens (tertiary/aromatic N) is 3. The van der Waals surface area contributed by atoms with Crippen molar-refractivity contribution in [2.45, 2.75) is 32.6 Å². The van der Waals surface area contributed by atoms with Gasteiger partial charge in [-0.15, -0.1) is 11.3 Å². The van der Waals surface area contributed by atoms with Crippen LogP contribution in [0.4, 0.5) is 0 Å². The van der Waals surface area contributed by atoms with Crippen LogP contribution in [0.5, 0.6) is 0 Å². The molecule has 0 atom stereocenters. The van der Waals surface area contributed by atoms with Gasteiger partial charge in [-0.05, 0) is 18.7 Å². The van der Waals surface area contributed by atoms with Crippen LogP contribution in [-0.4, -0.2) is 20.9 Å². The molecule has 3 heterocycles. The molecule has 5 heteroatoms. The summed E-state index contributed by atoms with van der Waals surface area (Å²) in [7, 11) is 0. The largest absolute Gasteiger partial charge is 0.330 e. The van der Waals surface area contributed by atoms with Gasteiger partial charge < -0.3 is 5.73 Å². The smallest absolute Gasteiger partial charge is 0.194 e. The number of pyridine rings is 1. The third-order valence-electron chi connectivity index (χ3n) is 3.56. The number of hydrogen-bond acceptors (Lipinski definition) is 4. The average Bonchev–Trinajstić information content (AvgIpc) is 3.00. The minimum Gasteiger partial charge on any atom is -0.330 e. The summed E-state index contributed by atoms with van der Waals surface area (Å²) in [5.41, 5.74) is 10.5. The van der Waals surface area contributed by atoms with Crippen molar-refractivity contribution in [1.82, 2.24) is 14.4 Å². The van der Waals surface area contributed by atoms with Gasteiger partial charge in [0.1, 0.15) is 0 Å². The first-order chi connectivity index (χ1) is 10.0. The SMILES string of the molecule is CC(C)(C)c1csc2nc(-c3ccncc3)c(CCN)n12. The molecule has 110 valence electrons. The average molecular weight is 300 g/mol. The van der Waals surface area contributed by atoms with Gasteiger partial charge in [-0.3, -0.25) is 9.38 Å². The highest BCUT2D eigenvalue weighted by Gasteiger charge is 2.23. The second kappa shape index (κ2) is 5.24. The first-order valence-electron chi connectivity index (χ1n) is 7.12. The van der Waals surface area contributed by atoms with Gasteiger partial charge in [0, 0.05) is 40.9 Å². The molecular formula is C16H20N4S. The first kappa shape index (κ1) is 14.2. The number of rotatable bonds is 3. The number of aromatic nitrogens is 3. The molecule has 2 N–H and O–H groups in total. The summed E-state index contributed by atoms with van der Waals surface area (Å²) in [5.74, 6) is 0. The Morgan fingerprint density at radius 2 is 1.95 bits per heavy atom. The predicted molar refractivity (Wildman–Crippen MR) is 87.8 cm³/mol. The van der Waals surface area contributed by atoms with E-state index < -0.39 is 0 Å². The minimum atomic E-state index is 0.0812. The van der Waals surface area contributed by atoms with Crippen LogP contribution in [-0.2, 0) is 11.8 Å². The molecule has 3 rings (SSSR count). The molecular weight excluding hydrogens is 280 g/mol.